The van der Waals surface area contributed by atoms with E-state index in [1.54, 1.807) is 6.26 Å². The number of nitrogens with zero attached hydrogens (tertiary/aromatic N) is 3. The number of furan rings is 1. The number of ether oxygens (including phenoxy) is 1. The maximum Gasteiger partial charge on any atom is 0.308 e. The molecule has 0 amide bonds. The monoisotopic (exact) mass is 504 g/mol. The summed E-state index contributed by atoms with van der Waals surface area (Å²) in [5.41, 5.74) is 0. The molecule has 0 aliphatic carbocycles. The average molecular weight is 504 g/mol. The molecule has 2 saturated heterocycles. The fourth-order valence-electron chi connectivity index (χ4n) is 4.13. The van der Waals surface area contributed by atoms with Gasteiger partial charge in [-0.3, -0.25) is 14.7 Å². The summed E-state index contributed by atoms with van der Waals surface area (Å²) >= 11 is 0. The zero-order chi connectivity index (χ0) is 19.1. The lowest BCUT2D eigenvalue weighted by molar-refractivity contribution is -0.146. The molecule has 1 N–H and O–H groups in total. The minimum Gasteiger partial charge on any atom is -0.469 e. The van der Waals surface area contributed by atoms with Crippen molar-refractivity contribution in [3.8, 4) is 0 Å². The van der Waals surface area contributed by atoms with E-state index in [-0.39, 0.29) is 41.9 Å². The Morgan fingerprint density at radius 3 is 2.57 bits per heavy atom. The highest BCUT2D eigenvalue weighted by molar-refractivity contribution is 14.0. The molecule has 0 spiro atoms. The lowest BCUT2D eigenvalue weighted by Crippen LogP contribution is -2.49. The molecule has 7 nitrogen and oxygen atoms in total. The summed E-state index contributed by atoms with van der Waals surface area (Å²) < 4.78 is 10.6. The molecule has 0 saturated carbocycles. The van der Waals surface area contributed by atoms with Crippen LogP contribution < -0.4 is 5.32 Å². The predicted octanol–water partition coefficient (Wildman–Crippen LogP) is 2.89. The topological polar surface area (TPSA) is 70.3 Å². The van der Waals surface area contributed by atoms with Crippen molar-refractivity contribution in [2.24, 2.45) is 10.9 Å². The molecule has 2 fully saturated rings. The lowest BCUT2D eigenvalue weighted by atomic mass is 9.97. The van der Waals surface area contributed by atoms with Crippen LogP contribution in [-0.4, -0.2) is 68.6 Å². The van der Waals surface area contributed by atoms with E-state index in [0.717, 1.165) is 57.3 Å². The van der Waals surface area contributed by atoms with Crippen molar-refractivity contribution in [2.45, 2.75) is 38.1 Å². The summed E-state index contributed by atoms with van der Waals surface area (Å²) in [6, 6.07) is 4.23. The van der Waals surface area contributed by atoms with Gasteiger partial charge in [-0.25, -0.2) is 0 Å². The number of esters is 1. The Balaban J connectivity index is 0.00000280. The minimum absolute atomic E-state index is 0. The molecule has 3 rings (SSSR count). The maximum absolute atomic E-state index is 11.7. The molecule has 158 valence electrons. The van der Waals surface area contributed by atoms with Crippen LogP contribution in [0.15, 0.2) is 27.8 Å². The number of halogens is 1. The third kappa shape index (κ3) is 5.85. The van der Waals surface area contributed by atoms with Crippen LogP contribution in [0.25, 0.3) is 0 Å². The van der Waals surface area contributed by atoms with E-state index >= 15 is 0 Å². The average Bonchev–Trinajstić information content (AvgIpc) is 3.26. The first-order valence-corrected chi connectivity index (χ1v) is 10.0. The van der Waals surface area contributed by atoms with Gasteiger partial charge in [-0.1, -0.05) is 6.42 Å². The zero-order valence-electron chi connectivity index (χ0n) is 16.9. The molecule has 0 bridgehead atoms. The number of rotatable bonds is 5. The van der Waals surface area contributed by atoms with Gasteiger partial charge in [0.2, 0.25) is 0 Å². The van der Waals surface area contributed by atoms with Crippen molar-refractivity contribution in [1.82, 2.24) is 15.1 Å². The number of likely N-dealkylation sites (tertiary alicyclic amines) is 2. The summed E-state index contributed by atoms with van der Waals surface area (Å²) in [5.74, 6) is 1.81. The molecule has 2 aliphatic heterocycles. The number of hydrogen-bond acceptors (Lipinski definition) is 5. The number of nitrogens with one attached hydrogen (secondary N) is 1. The van der Waals surface area contributed by atoms with Crippen molar-refractivity contribution < 1.29 is 13.9 Å². The third-order valence-corrected chi connectivity index (χ3v) is 5.70. The van der Waals surface area contributed by atoms with Crippen LogP contribution in [-0.2, 0) is 9.53 Å². The quantitative estimate of drug-likeness (QED) is 0.288. The molecular formula is C20H33IN4O3. The first kappa shape index (κ1) is 23.0. The van der Waals surface area contributed by atoms with Crippen LogP contribution in [0.2, 0.25) is 0 Å². The fraction of sp³-hybridized carbons (Fsp3) is 0.700. The molecular weight excluding hydrogens is 471 g/mol. The van der Waals surface area contributed by atoms with Crippen molar-refractivity contribution >= 4 is 35.9 Å². The predicted molar refractivity (Wildman–Crippen MR) is 120 cm³/mol. The van der Waals surface area contributed by atoms with E-state index in [2.05, 4.69) is 26.2 Å². The van der Waals surface area contributed by atoms with E-state index in [1.807, 2.05) is 13.1 Å². The number of carbonyl (C=O) groups is 1. The molecule has 2 aliphatic rings. The number of piperidine rings is 2. The van der Waals surface area contributed by atoms with E-state index in [0.29, 0.717) is 0 Å². The highest BCUT2D eigenvalue weighted by atomic mass is 127. The largest absolute Gasteiger partial charge is 0.469 e. The smallest absolute Gasteiger partial charge is 0.308 e. The SMILES string of the molecule is CN=C(NCC(c1ccco1)N1CCCCC1)N1CCC(C(=O)OC)CC1.I. The number of guanidine groups is 1. The fourth-order valence-corrected chi connectivity index (χ4v) is 4.13. The van der Waals surface area contributed by atoms with Crippen LogP contribution in [0.1, 0.15) is 43.9 Å². The summed E-state index contributed by atoms with van der Waals surface area (Å²) in [7, 11) is 3.28. The van der Waals surface area contributed by atoms with Gasteiger partial charge in [0.1, 0.15) is 5.76 Å². The number of carbonyl (C=O) groups excluding carboxylic acids is 1. The Morgan fingerprint density at radius 1 is 1.29 bits per heavy atom. The van der Waals surface area contributed by atoms with Crippen molar-refractivity contribution in [3.05, 3.63) is 24.2 Å². The second kappa shape index (κ2) is 11.6. The summed E-state index contributed by atoms with van der Waals surface area (Å²) in [4.78, 5) is 20.9. The first-order chi connectivity index (χ1) is 13.2. The van der Waals surface area contributed by atoms with Gasteiger partial charge in [0.25, 0.3) is 0 Å². The number of methoxy groups -OCH3 is 1. The Kier molecular flexibility index (Phi) is 9.57. The Bertz CT molecular complexity index is 609. The maximum atomic E-state index is 11.7. The van der Waals surface area contributed by atoms with Gasteiger partial charge in [0.05, 0.1) is 25.3 Å². The molecule has 1 unspecified atom stereocenters. The van der Waals surface area contributed by atoms with Gasteiger partial charge >= 0.3 is 5.97 Å². The zero-order valence-corrected chi connectivity index (χ0v) is 19.3. The molecule has 0 radical (unpaired) electrons. The number of aliphatic imine (C=N–C) groups is 1. The summed E-state index contributed by atoms with van der Waals surface area (Å²) in [6.07, 6.45) is 7.16. The van der Waals surface area contributed by atoms with E-state index < -0.39 is 0 Å². The second-order valence-corrected chi connectivity index (χ2v) is 7.34. The van der Waals surface area contributed by atoms with E-state index in [1.165, 1.54) is 26.4 Å². The number of hydrogen-bond donors (Lipinski definition) is 1. The second-order valence-electron chi connectivity index (χ2n) is 7.34. The highest BCUT2D eigenvalue weighted by Crippen LogP contribution is 2.25. The molecule has 28 heavy (non-hydrogen) atoms. The Hall–Kier alpha value is -1.29. The van der Waals surface area contributed by atoms with Crippen LogP contribution in [0, 0.1) is 5.92 Å². The van der Waals surface area contributed by atoms with E-state index in [4.69, 9.17) is 9.15 Å². The standard InChI is InChI=1S/C20H32N4O3.HI/c1-21-20(24-12-8-16(9-13-24)19(25)26-2)22-15-17(18-7-6-14-27-18)23-10-4-3-5-11-23;/h6-7,14,16-17H,3-5,8-13,15H2,1-2H3,(H,21,22);1H. The Labute approximate surface area is 184 Å². The van der Waals surface area contributed by atoms with Crippen molar-refractivity contribution in [3.63, 3.8) is 0 Å². The summed E-state index contributed by atoms with van der Waals surface area (Å²) in [6.45, 7) is 4.60. The first-order valence-electron chi connectivity index (χ1n) is 10.0. The van der Waals surface area contributed by atoms with Gasteiger partial charge < -0.3 is 19.4 Å². The highest BCUT2D eigenvalue weighted by Gasteiger charge is 2.28. The normalized spacial score (nSPS) is 20.4. The van der Waals surface area contributed by atoms with Gasteiger partial charge in [-0.2, -0.15) is 0 Å². The van der Waals surface area contributed by atoms with Gasteiger partial charge in [-0.05, 0) is 50.9 Å². The van der Waals surface area contributed by atoms with Gasteiger partial charge in [0, 0.05) is 26.7 Å². The van der Waals surface area contributed by atoms with Crippen LogP contribution in [0.4, 0.5) is 0 Å². The molecule has 3 heterocycles. The van der Waals surface area contributed by atoms with Gasteiger partial charge in [-0.15, -0.1) is 24.0 Å². The molecule has 1 atom stereocenters. The molecule has 1 aromatic heterocycles. The van der Waals surface area contributed by atoms with Crippen molar-refractivity contribution in [2.75, 3.05) is 46.9 Å². The minimum atomic E-state index is -0.0967. The molecule has 1 aromatic rings. The molecule has 8 heteroatoms. The summed E-state index contributed by atoms with van der Waals surface area (Å²) in [5, 5.41) is 3.54. The van der Waals surface area contributed by atoms with E-state index in [9.17, 15) is 4.79 Å². The third-order valence-electron chi connectivity index (χ3n) is 5.70. The molecule has 0 aromatic carbocycles. The van der Waals surface area contributed by atoms with Crippen molar-refractivity contribution in [1.29, 1.82) is 0 Å². The van der Waals surface area contributed by atoms with Crippen LogP contribution >= 0.6 is 24.0 Å². The van der Waals surface area contributed by atoms with Crippen LogP contribution in [0.5, 0.6) is 0 Å². The lowest BCUT2D eigenvalue weighted by Gasteiger charge is -2.36. The van der Waals surface area contributed by atoms with Crippen LogP contribution in [0.3, 0.4) is 0 Å². The van der Waals surface area contributed by atoms with Gasteiger partial charge in [0.15, 0.2) is 5.96 Å². The Morgan fingerprint density at radius 2 is 2.00 bits per heavy atom.